The third-order valence-electron chi connectivity index (χ3n) is 9.40. The largest absolute Gasteiger partial charge is 0.768 e. The minimum atomic E-state index is -2.47. The van der Waals surface area contributed by atoms with E-state index in [1.165, 1.54) is 79.1 Å². The van der Waals surface area contributed by atoms with Gasteiger partial charge in [0, 0.05) is 62.7 Å². The lowest BCUT2D eigenvalue weighted by Crippen LogP contribution is -2.37. The molecule has 4 aromatic carbocycles. The van der Waals surface area contributed by atoms with Crippen molar-refractivity contribution in [2.75, 3.05) is 71.2 Å². The molecule has 81 heavy (non-hydrogen) atoms. The molecule has 6 aromatic rings. The molecule has 5 unspecified atom stereocenters. The average molecular weight is 1220 g/mol. The van der Waals surface area contributed by atoms with Crippen LogP contribution in [0.3, 0.4) is 0 Å². The number of nitrogens with zero attached hydrogens (tertiary/aromatic N) is 3. The minimum absolute atomic E-state index is 0.0262. The summed E-state index contributed by atoms with van der Waals surface area (Å²) < 4.78 is 137. The number of ether oxygens (including phenoxy) is 6. The SMILES string of the molecule is NC(=O)COc1ccc(S(=O)[O-])cc1.NC(=O)COc1ccc(S(=O)[O-])cc1OCC(N)=O.O=C(COc1ccc(S(=O)[O-])cc1)Nc1ccccn1.O=S([O-])c1ccc(OCCCN2CCOCC2)cc1.O=S([O-])c1cccnc1. The molecule has 438 valence electrons. The monoisotopic (exact) mass is 1220 g/mol. The maximum absolute atomic E-state index is 11.6. The quantitative estimate of drug-likeness (QED) is 0.0516. The standard InChI is InChI=1S/C13H12N2O4S.C13H19NO4S.C10H12N2O6S.C8H9NO4S.C5H5NO2S/c16-13(15-12-3-1-2-8-14-12)9-19-10-4-6-11(7-5-10)20(17)18;15-19(16)13-4-2-12(3-5-13)18-9-1-6-14-7-10-17-11-8-14;11-9(13)4-17-7-2-1-6(19(15)16)3-8(7)18-5-10(12)14;9-8(10)5-13-6-1-3-7(4-2-6)14(11)12;7-9(8)5-2-1-3-6-4-5/h1-8H,9H2,(H,17,18)(H,14,15,16);2-5H,1,6-11H2,(H,15,16);1-3H,4-5H2,(H2,11,13)(H2,12,14)(H,15,16);1-4H,5H2,(H2,9,10)(H,11,12);1-4H,(H,7,8)/p-5. The second-order valence-corrected chi connectivity index (χ2v) is 20.1. The highest BCUT2D eigenvalue weighted by Crippen LogP contribution is 2.29. The van der Waals surface area contributed by atoms with Gasteiger partial charge >= 0.3 is 0 Å². The Kier molecular flexibility index (Phi) is 32.0. The Hall–Kier alpha value is -7.47. The van der Waals surface area contributed by atoms with Crippen molar-refractivity contribution < 1.29 is 91.4 Å². The van der Waals surface area contributed by atoms with Gasteiger partial charge in [-0.3, -0.25) is 50.1 Å². The van der Waals surface area contributed by atoms with E-state index in [1.807, 2.05) is 0 Å². The highest BCUT2D eigenvalue weighted by Gasteiger charge is 2.12. The van der Waals surface area contributed by atoms with E-state index in [0.717, 1.165) is 45.3 Å². The van der Waals surface area contributed by atoms with E-state index in [4.69, 9.17) is 45.6 Å². The van der Waals surface area contributed by atoms with Gasteiger partial charge in [0.25, 0.3) is 23.6 Å². The maximum atomic E-state index is 11.6. The van der Waals surface area contributed by atoms with E-state index in [2.05, 4.69) is 20.2 Å². The van der Waals surface area contributed by atoms with Crippen molar-refractivity contribution in [3.63, 3.8) is 0 Å². The predicted octanol–water partition coefficient (Wildman–Crippen LogP) is 1.12. The number of primary amides is 3. The van der Waals surface area contributed by atoms with Crippen molar-refractivity contribution in [1.29, 1.82) is 0 Å². The van der Waals surface area contributed by atoms with Gasteiger partial charge in [0.15, 0.2) is 37.9 Å². The third kappa shape index (κ3) is 29.5. The van der Waals surface area contributed by atoms with Crippen molar-refractivity contribution in [2.45, 2.75) is 30.9 Å². The normalized spacial score (nSPS) is 13.4. The van der Waals surface area contributed by atoms with Crippen molar-refractivity contribution in [2.24, 2.45) is 17.2 Å². The van der Waals surface area contributed by atoms with Gasteiger partial charge in [0.1, 0.15) is 23.1 Å². The van der Waals surface area contributed by atoms with Gasteiger partial charge < -0.3 is 73.7 Å². The first-order valence-corrected chi connectivity index (χ1v) is 28.4. The first-order chi connectivity index (χ1) is 38.7. The van der Waals surface area contributed by atoms with Crippen molar-refractivity contribution in [1.82, 2.24) is 14.9 Å². The number of anilines is 1. The molecule has 27 nitrogen and oxygen atoms in total. The molecule has 1 saturated heterocycles. The summed E-state index contributed by atoms with van der Waals surface area (Å²) in [6.07, 6.45) is 5.34. The molecule has 7 rings (SSSR count). The Morgan fingerprint density at radius 3 is 1.41 bits per heavy atom. The van der Waals surface area contributed by atoms with Gasteiger partial charge in [-0.25, -0.2) is 4.98 Å². The van der Waals surface area contributed by atoms with Gasteiger partial charge in [-0.1, -0.05) is 6.07 Å². The summed E-state index contributed by atoms with van der Waals surface area (Å²) in [6.45, 7) is 3.98. The maximum Gasteiger partial charge on any atom is 0.263 e. The lowest BCUT2D eigenvalue weighted by Gasteiger charge is -2.26. The highest BCUT2D eigenvalue weighted by atomic mass is 32.2. The number of morpholine rings is 1. The van der Waals surface area contributed by atoms with Crippen LogP contribution in [0.2, 0.25) is 0 Å². The second-order valence-electron chi connectivity index (χ2n) is 15.4. The molecule has 0 aliphatic carbocycles. The van der Waals surface area contributed by atoms with E-state index < -0.39 is 86.3 Å². The molecule has 0 bridgehead atoms. The number of aromatic nitrogens is 2. The summed E-state index contributed by atoms with van der Waals surface area (Å²) in [4.78, 5) is 53.9. The van der Waals surface area contributed by atoms with E-state index in [9.17, 15) is 63.0 Å². The lowest BCUT2D eigenvalue weighted by atomic mass is 10.3. The fourth-order valence-corrected chi connectivity index (χ4v) is 7.52. The molecule has 4 amide bonds. The van der Waals surface area contributed by atoms with Crippen molar-refractivity contribution in [3.8, 4) is 28.7 Å². The molecule has 0 radical (unpaired) electrons. The van der Waals surface area contributed by atoms with Crippen molar-refractivity contribution >= 4 is 84.8 Å². The van der Waals surface area contributed by atoms with Crippen LogP contribution in [0.15, 0.2) is 164 Å². The highest BCUT2D eigenvalue weighted by molar-refractivity contribution is 7.80. The Morgan fingerprint density at radius 1 is 0.519 bits per heavy atom. The fraction of sp³-hybridized carbons (Fsp3) is 0.224. The van der Waals surface area contributed by atoms with E-state index in [-0.39, 0.29) is 55.1 Å². The Morgan fingerprint density at radius 2 is 0.975 bits per heavy atom. The predicted molar refractivity (Wildman–Crippen MR) is 286 cm³/mol. The molecular formula is C49H52N7O20S5-5. The van der Waals surface area contributed by atoms with E-state index in [1.54, 1.807) is 54.7 Å². The zero-order valence-electron chi connectivity index (χ0n) is 42.3. The molecule has 1 fully saturated rings. The minimum Gasteiger partial charge on any atom is -0.768 e. The third-order valence-corrected chi connectivity index (χ3v) is 12.6. The number of nitrogens with two attached hydrogens (primary N) is 3. The van der Waals surface area contributed by atoms with Crippen LogP contribution in [0.5, 0.6) is 28.7 Å². The zero-order valence-corrected chi connectivity index (χ0v) is 46.4. The summed E-state index contributed by atoms with van der Waals surface area (Å²) >= 11 is -11.3. The van der Waals surface area contributed by atoms with Crippen LogP contribution in [-0.4, -0.2) is 148 Å². The van der Waals surface area contributed by atoms with Gasteiger partial charge in [-0.2, -0.15) is 0 Å². The number of rotatable bonds is 23. The van der Waals surface area contributed by atoms with E-state index >= 15 is 0 Å². The number of hydrogen-bond acceptors (Lipinski definition) is 23. The van der Waals surface area contributed by atoms with Crippen LogP contribution in [0.4, 0.5) is 5.82 Å². The number of carbonyl (C=O) groups is 4. The average Bonchev–Trinajstić information content (AvgIpc) is 3.46. The fourth-order valence-electron chi connectivity index (χ4n) is 5.73. The van der Waals surface area contributed by atoms with Crippen LogP contribution in [0, 0.1) is 0 Å². The number of hydrogen-bond donors (Lipinski definition) is 4. The van der Waals surface area contributed by atoms with Crippen LogP contribution >= 0.6 is 0 Å². The molecule has 5 atom stereocenters. The van der Waals surface area contributed by atoms with Gasteiger partial charge in [-0.15, -0.1) is 0 Å². The van der Waals surface area contributed by atoms with Crippen LogP contribution in [0.1, 0.15) is 6.42 Å². The Balaban J connectivity index is 0.000000271. The molecule has 2 aromatic heterocycles. The van der Waals surface area contributed by atoms with Crippen LogP contribution in [-0.2, 0) is 79.3 Å². The number of pyridine rings is 2. The molecule has 0 spiro atoms. The Bertz CT molecular complexity index is 3010. The van der Waals surface area contributed by atoms with Gasteiger partial charge in [0.05, 0.1) is 19.8 Å². The molecule has 3 heterocycles. The molecule has 7 N–H and O–H groups in total. The summed E-state index contributed by atoms with van der Waals surface area (Å²) in [6, 6.07) is 29.8. The van der Waals surface area contributed by atoms with Crippen molar-refractivity contribution in [3.05, 3.63) is 140 Å². The topological polar surface area (TPSA) is 443 Å². The first-order valence-electron chi connectivity index (χ1n) is 23.0. The second kappa shape index (κ2) is 38.2. The van der Waals surface area contributed by atoms with Gasteiger partial charge in [0.2, 0.25) is 0 Å². The van der Waals surface area contributed by atoms with Gasteiger partial charge in [-0.05, 0) is 177 Å². The molecule has 0 saturated carbocycles. The first kappa shape index (κ1) is 67.8. The summed E-state index contributed by atoms with van der Waals surface area (Å²) in [5.41, 5.74) is 14.7. The lowest BCUT2D eigenvalue weighted by molar-refractivity contribution is -0.121. The summed E-state index contributed by atoms with van der Waals surface area (Å²) in [5.74, 6) is -0.368. The summed E-state index contributed by atoms with van der Waals surface area (Å²) in [7, 11) is 0. The zero-order chi connectivity index (χ0) is 59.5. The molecule has 32 heteroatoms. The number of benzene rings is 4. The molecule has 1 aliphatic heterocycles. The Labute approximate surface area is 476 Å². The number of amides is 4. The molecule has 1 aliphatic rings. The number of carbonyl (C=O) groups excluding carboxylic acids is 4. The van der Waals surface area contributed by atoms with Crippen LogP contribution < -0.4 is 46.2 Å². The number of nitrogens with one attached hydrogen (secondary N) is 1. The molecular weight excluding hydrogens is 1170 g/mol. The van der Waals surface area contributed by atoms with E-state index in [0.29, 0.717) is 29.7 Å². The summed E-state index contributed by atoms with van der Waals surface area (Å²) in [5, 5.41) is 2.57. The smallest absolute Gasteiger partial charge is 0.263 e. The van der Waals surface area contributed by atoms with Crippen LogP contribution in [0.25, 0.3) is 0 Å².